The zero-order valence-electron chi connectivity index (χ0n) is 12.1. The molecule has 3 heterocycles. The average molecular weight is 277 g/mol. The maximum Gasteiger partial charge on any atom is 0.308 e. The number of aliphatic carboxylic acids is 1. The molecule has 0 spiro atoms. The fourth-order valence-corrected chi connectivity index (χ4v) is 3.60. The van der Waals surface area contributed by atoms with Crippen LogP contribution in [0.4, 0.5) is 0 Å². The minimum Gasteiger partial charge on any atom is -0.481 e. The van der Waals surface area contributed by atoms with Crippen LogP contribution in [0.15, 0.2) is 6.20 Å². The summed E-state index contributed by atoms with van der Waals surface area (Å²) in [4.78, 5) is 18.4. The Morgan fingerprint density at radius 2 is 2.30 bits per heavy atom. The molecule has 2 aliphatic heterocycles. The highest BCUT2D eigenvalue weighted by Crippen LogP contribution is 2.32. The summed E-state index contributed by atoms with van der Waals surface area (Å²) in [6.07, 6.45) is 7.17. The number of carboxylic acid groups (broad SMARTS) is 1. The van der Waals surface area contributed by atoms with Crippen molar-refractivity contribution in [1.82, 2.24) is 14.5 Å². The zero-order valence-corrected chi connectivity index (χ0v) is 12.1. The molecule has 0 bridgehead atoms. The first-order valence-electron chi connectivity index (χ1n) is 7.72. The molecule has 1 saturated heterocycles. The number of carboxylic acids is 1. The molecular weight excluding hydrogens is 254 g/mol. The van der Waals surface area contributed by atoms with Crippen LogP contribution in [0.3, 0.4) is 0 Å². The van der Waals surface area contributed by atoms with Crippen LogP contribution in [0.2, 0.25) is 0 Å². The highest BCUT2D eigenvalue weighted by molar-refractivity contribution is 5.70. The molecule has 2 aliphatic rings. The normalized spacial score (nSPS) is 27.2. The number of hydrogen-bond acceptors (Lipinski definition) is 3. The molecule has 0 radical (unpaired) electrons. The van der Waals surface area contributed by atoms with Gasteiger partial charge < -0.3 is 9.67 Å². The Kier molecular flexibility index (Phi) is 3.78. The number of aryl methyl sites for hydroxylation is 1. The Hall–Kier alpha value is -1.36. The van der Waals surface area contributed by atoms with Crippen molar-refractivity contribution in [2.75, 3.05) is 13.1 Å². The number of aromatic nitrogens is 2. The molecule has 3 rings (SSSR count). The van der Waals surface area contributed by atoms with Crippen LogP contribution in [0.5, 0.6) is 0 Å². The summed E-state index contributed by atoms with van der Waals surface area (Å²) in [7, 11) is 0. The van der Waals surface area contributed by atoms with E-state index in [2.05, 4.69) is 21.4 Å². The van der Waals surface area contributed by atoms with Crippen molar-refractivity contribution < 1.29 is 9.90 Å². The lowest BCUT2D eigenvalue weighted by molar-refractivity contribution is -0.142. The quantitative estimate of drug-likeness (QED) is 0.919. The number of carbonyl (C=O) groups is 1. The number of likely N-dealkylation sites (tertiary alicyclic amines) is 1. The summed E-state index contributed by atoms with van der Waals surface area (Å²) in [6.45, 7) is 4.95. The summed E-state index contributed by atoms with van der Waals surface area (Å²) in [5, 5.41) is 9.26. The molecule has 1 fully saturated rings. The number of nitrogens with zero attached hydrogens (tertiary/aromatic N) is 3. The van der Waals surface area contributed by atoms with Gasteiger partial charge in [-0.1, -0.05) is 13.3 Å². The predicted molar refractivity (Wildman–Crippen MR) is 75.5 cm³/mol. The van der Waals surface area contributed by atoms with Crippen molar-refractivity contribution in [3.63, 3.8) is 0 Å². The van der Waals surface area contributed by atoms with Gasteiger partial charge >= 0.3 is 5.97 Å². The van der Waals surface area contributed by atoms with Crippen molar-refractivity contribution >= 4 is 5.97 Å². The number of rotatable bonds is 3. The molecule has 0 amide bonds. The summed E-state index contributed by atoms with van der Waals surface area (Å²) in [5.74, 6) is 0.160. The minimum atomic E-state index is -0.675. The van der Waals surface area contributed by atoms with Gasteiger partial charge in [-0.2, -0.15) is 0 Å². The third-order valence-electron chi connectivity index (χ3n) is 4.79. The summed E-state index contributed by atoms with van der Waals surface area (Å²) < 4.78 is 2.18. The van der Waals surface area contributed by atoms with Crippen LogP contribution in [0.1, 0.15) is 50.2 Å². The van der Waals surface area contributed by atoms with Gasteiger partial charge in [-0.15, -0.1) is 0 Å². The molecule has 2 unspecified atom stereocenters. The average Bonchev–Trinajstić information content (AvgIpc) is 2.89. The Morgan fingerprint density at radius 3 is 3.05 bits per heavy atom. The lowest BCUT2D eigenvalue weighted by Gasteiger charge is -2.35. The Labute approximate surface area is 119 Å². The molecule has 5 heteroatoms. The van der Waals surface area contributed by atoms with Crippen LogP contribution >= 0.6 is 0 Å². The topological polar surface area (TPSA) is 58.4 Å². The first-order chi connectivity index (χ1) is 9.70. The van der Waals surface area contributed by atoms with E-state index < -0.39 is 5.97 Å². The number of fused-ring (bicyclic) bond motifs is 1. The van der Waals surface area contributed by atoms with Gasteiger partial charge in [0.15, 0.2) is 0 Å². The number of piperidine rings is 1. The Morgan fingerprint density at radius 1 is 1.45 bits per heavy atom. The van der Waals surface area contributed by atoms with Gasteiger partial charge in [0.1, 0.15) is 5.82 Å². The first kappa shape index (κ1) is 13.6. The molecule has 1 N–H and O–H groups in total. The Bertz CT molecular complexity index is 497. The highest BCUT2D eigenvalue weighted by Gasteiger charge is 2.31. The Balaban J connectivity index is 1.88. The van der Waals surface area contributed by atoms with E-state index in [1.807, 2.05) is 6.20 Å². The molecular formula is C15H23N3O2. The van der Waals surface area contributed by atoms with Crippen LogP contribution < -0.4 is 0 Å². The van der Waals surface area contributed by atoms with Crippen molar-refractivity contribution in [3.05, 3.63) is 17.7 Å². The molecule has 0 saturated carbocycles. The third-order valence-corrected chi connectivity index (χ3v) is 4.79. The fraction of sp³-hybridized carbons (Fsp3) is 0.733. The van der Waals surface area contributed by atoms with E-state index in [1.54, 1.807) is 0 Å². The van der Waals surface area contributed by atoms with E-state index >= 15 is 0 Å². The van der Waals surface area contributed by atoms with E-state index in [9.17, 15) is 9.90 Å². The molecule has 20 heavy (non-hydrogen) atoms. The molecule has 2 atom stereocenters. The third kappa shape index (κ3) is 2.35. The molecule has 1 aromatic rings. The van der Waals surface area contributed by atoms with Crippen molar-refractivity contribution in [3.8, 4) is 0 Å². The SMILES string of the molecule is CCN1CCCCC1c1ncc2n1CC(C(=O)O)CC2. The largest absolute Gasteiger partial charge is 0.481 e. The van der Waals surface area contributed by atoms with Crippen LogP contribution in [0, 0.1) is 5.92 Å². The smallest absolute Gasteiger partial charge is 0.308 e. The molecule has 5 nitrogen and oxygen atoms in total. The van der Waals surface area contributed by atoms with Crippen LogP contribution in [0.25, 0.3) is 0 Å². The van der Waals surface area contributed by atoms with Gasteiger partial charge in [-0.3, -0.25) is 9.69 Å². The van der Waals surface area contributed by atoms with Gasteiger partial charge in [0, 0.05) is 18.4 Å². The summed E-state index contributed by atoms with van der Waals surface area (Å²) in [5.41, 5.74) is 1.21. The maximum atomic E-state index is 11.2. The minimum absolute atomic E-state index is 0.255. The van der Waals surface area contributed by atoms with E-state index in [-0.39, 0.29) is 5.92 Å². The molecule has 1 aromatic heterocycles. The zero-order chi connectivity index (χ0) is 14.1. The van der Waals surface area contributed by atoms with Crippen molar-refractivity contribution in [1.29, 1.82) is 0 Å². The van der Waals surface area contributed by atoms with Crippen molar-refractivity contribution in [2.45, 2.75) is 51.6 Å². The van der Waals surface area contributed by atoms with Crippen molar-refractivity contribution in [2.24, 2.45) is 5.92 Å². The van der Waals surface area contributed by atoms with Gasteiger partial charge in [-0.05, 0) is 38.8 Å². The maximum absolute atomic E-state index is 11.2. The molecule has 110 valence electrons. The summed E-state index contributed by atoms with van der Waals surface area (Å²) >= 11 is 0. The fourth-order valence-electron chi connectivity index (χ4n) is 3.60. The second-order valence-corrected chi connectivity index (χ2v) is 5.93. The second kappa shape index (κ2) is 5.56. The standard InChI is InChI=1S/C15H23N3O2/c1-2-17-8-4-3-5-13(17)14-16-9-12-7-6-11(15(19)20)10-18(12)14/h9,11,13H,2-8,10H2,1H3,(H,19,20). The number of imidazole rings is 1. The van der Waals surface area contributed by atoms with E-state index in [0.29, 0.717) is 12.6 Å². The van der Waals surface area contributed by atoms with E-state index in [0.717, 1.165) is 38.2 Å². The molecule has 0 aliphatic carbocycles. The van der Waals surface area contributed by atoms with Gasteiger partial charge in [0.25, 0.3) is 0 Å². The summed E-state index contributed by atoms with van der Waals surface area (Å²) in [6, 6.07) is 0.370. The van der Waals surface area contributed by atoms with E-state index in [4.69, 9.17) is 0 Å². The van der Waals surface area contributed by atoms with Gasteiger partial charge in [0.05, 0.1) is 12.0 Å². The van der Waals surface area contributed by atoms with Gasteiger partial charge in [0.2, 0.25) is 0 Å². The van der Waals surface area contributed by atoms with Crippen LogP contribution in [-0.4, -0.2) is 38.6 Å². The highest BCUT2D eigenvalue weighted by atomic mass is 16.4. The van der Waals surface area contributed by atoms with Crippen LogP contribution in [-0.2, 0) is 17.8 Å². The lowest BCUT2D eigenvalue weighted by atomic mass is 9.97. The van der Waals surface area contributed by atoms with Gasteiger partial charge in [-0.25, -0.2) is 4.98 Å². The van der Waals surface area contributed by atoms with E-state index in [1.165, 1.54) is 18.5 Å². The monoisotopic (exact) mass is 277 g/mol. The lowest BCUT2D eigenvalue weighted by Crippen LogP contribution is -2.36. The first-order valence-corrected chi connectivity index (χ1v) is 7.72. The molecule has 0 aromatic carbocycles. The predicted octanol–water partition coefficient (Wildman–Crippen LogP) is 2.08. The number of hydrogen-bond donors (Lipinski definition) is 1. The second-order valence-electron chi connectivity index (χ2n) is 5.93.